The number of hydrogen-bond acceptors (Lipinski definition) is 5. The van der Waals surface area contributed by atoms with E-state index in [0.717, 1.165) is 12.8 Å². The summed E-state index contributed by atoms with van der Waals surface area (Å²) in [7, 11) is 1.38. The molecule has 1 rings (SSSR count). The van der Waals surface area contributed by atoms with E-state index >= 15 is 0 Å². The van der Waals surface area contributed by atoms with Gasteiger partial charge in [-0.3, -0.25) is 14.4 Å². The second-order valence-electron chi connectivity index (χ2n) is 6.80. The van der Waals surface area contributed by atoms with Gasteiger partial charge in [0.2, 0.25) is 5.91 Å². The third-order valence-electron chi connectivity index (χ3n) is 3.74. The van der Waals surface area contributed by atoms with E-state index in [9.17, 15) is 14.4 Å². The Morgan fingerprint density at radius 3 is 2.18 bits per heavy atom. The van der Waals surface area contributed by atoms with E-state index in [1.807, 2.05) is 0 Å². The van der Waals surface area contributed by atoms with Gasteiger partial charge in [0.15, 0.2) is 0 Å². The van der Waals surface area contributed by atoms with Crippen molar-refractivity contribution in [2.75, 3.05) is 20.2 Å². The van der Waals surface area contributed by atoms with Crippen LogP contribution < -0.4 is 0 Å². The Morgan fingerprint density at radius 2 is 1.73 bits per heavy atom. The molecule has 0 radical (unpaired) electrons. The number of likely N-dealkylation sites (tertiary alicyclic amines) is 1. The molecule has 0 saturated carbocycles. The third-order valence-corrected chi connectivity index (χ3v) is 3.74. The van der Waals surface area contributed by atoms with Crippen LogP contribution in [0.1, 0.15) is 47.0 Å². The van der Waals surface area contributed by atoms with Gasteiger partial charge >= 0.3 is 11.9 Å². The molecular weight excluding hydrogens is 286 g/mol. The van der Waals surface area contributed by atoms with E-state index in [2.05, 4.69) is 4.74 Å². The summed E-state index contributed by atoms with van der Waals surface area (Å²) in [5.74, 6) is -1.46. The number of piperidine rings is 1. The van der Waals surface area contributed by atoms with Gasteiger partial charge in [0, 0.05) is 19.5 Å². The molecule has 1 aliphatic rings. The van der Waals surface area contributed by atoms with E-state index in [4.69, 9.17) is 4.74 Å². The molecule has 22 heavy (non-hydrogen) atoms. The number of hydrogen-bond donors (Lipinski definition) is 0. The van der Waals surface area contributed by atoms with Gasteiger partial charge in [0.25, 0.3) is 0 Å². The van der Waals surface area contributed by atoms with Crippen LogP contribution in [0, 0.1) is 11.8 Å². The number of nitrogens with zero attached hydrogens (tertiary/aromatic N) is 1. The average molecular weight is 313 g/mol. The Balaban J connectivity index is 2.48. The van der Waals surface area contributed by atoms with Crippen LogP contribution >= 0.6 is 0 Å². The van der Waals surface area contributed by atoms with Crippen molar-refractivity contribution in [2.45, 2.75) is 52.6 Å². The first-order valence-corrected chi connectivity index (χ1v) is 7.72. The molecule has 6 heteroatoms. The molecule has 1 fully saturated rings. The van der Waals surface area contributed by atoms with Crippen LogP contribution in [0.3, 0.4) is 0 Å². The third kappa shape index (κ3) is 5.66. The molecule has 1 saturated heterocycles. The Kier molecular flexibility index (Phi) is 6.38. The van der Waals surface area contributed by atoms with Crippen LogP contribution in [0.4, 0.5) is 0 Å². The van der Waals surface area contributed by atoms with Crippen molar-refractivity contribution in [2.24, 2.45) is 11.8 Å². The normalized spacial score (nSPS) is 17.8. The molecular formula is C16H27NO5. The maximum Gasteiger partial charge on any atom is 0.318 e. The first kappa shape index (κ1) is 18.5. The molecule has 0 N–H and O–H groups in total. The predicted octanol–water partition coefficient (Wildman–Crippen LogP) is 1.77. The fourth-order valence-corrected chi connectivity index (χ4v) is 2.44. The number of methoxy groups -OCH3 is 1. The molecule has 0 aromatic rings. The number of esters is 2. The molecule has 6 nitrogen and oxygen atoms in total. The Morgan fingerprint density at radius 1 is 1.18 bits per heavy atom. The lowest BCUT2D eigenvalue weighted by atomic mass is 9.93. The summed E-state index contributed by atoms with van der Waals surface area (Å²) in [6.45, 7) is 8.04. The van der Waals surface area contributed by atoms with Crippen molar-refractivity contribution in [1.29, 1.82) is 0 Å². The molecule has 0 aromatic heterocycles. The lowest BCUT2D eigenvalue weighted by Gasteiger charge is -2.33. The largest absolute Gasteiger partial charge is 0.469 e. The Labute approximate surface area is 132 Å². The summed E-state index contributed by atoms with van der Waals surface area (Å²) in [5.41, 5.74) is -0.598. The van der Waals surface area contributed by atoms with E-state index in [-0.39, 0.29) is 17.8 Å². The first-order valence-electron chi connectivity index (χ1n) is 7.72. The van der Waals surface area contributed by atoms with Gasteiger partial charge in [0.05, 0.1) is 7.11 Å². The van der Waals surface area contributed by atoms with Crippen LogP contribution in [-0.2, 0) is 23.9 Å². The zero-order chi connectivity index (χ0) is 16.9. The lowest BCUT2D eigenvalue weighted by Crippen LogP contribution is -2.44. The van der Waals surface area contributed by atoms with Gasteiger partial charge < -0.3 is 14.4 Å². The van der Waals surface area contributed by atoms with Gasteiger partial charge in [0.1, 0.15) is 11.5 Å². The van der Waals surface area contributed by atoms with Crippen LogP contribution in [0.15, 0.2) is 0 Å². The molecule has 0 aromatic carbocycles. The summed E-state index contributed by atoms with van der Waals surface area (Å²) < 4.78 is 9.91. The molecule has 0 aliphatic carbocycles. The molecule has 1 aliphatic heterocycles. The number of carbonyl (C=O) groups is 3. The monoisotopic (exact) mass is 313 g/mol. The minimum Gasteiger partial charge on any atom is -0.469 e. The number of rotatable bonds is 4. The predicted molar refractivity (Wildman–Crippen MR) is 80.9 cm³/mol. The molecule has 1 atom stereocenters. The molecule has 1 heterocycles. The molecule has 0 unspecified atom stereocenters. The smallest absolute Gasteiger partial charge is 0.318 e. The highest BCUT2D eigenvalue weighted by atomic mass is 16.6. The summed E-state index contributed by atoms with van der Waals surface area (Å²) in [5, 5.41) is 0. The van der Waals surface area contributed by atoms with Crippen molar-refractivity contribution < 1.29 is 23.9 Å². The van der Waals surface area contributed by atoms with Crippen molar-refractivity contribution in [1.82, 2.24) is 4.90 Å². The fraction of sp³-hybridized carbons (Fsp3) is 0.812. The zero-order valence-electron chi connectivity index (χ0n) is 14.2. The van der Waals surface area contributed by atoms with Gasteiger partial charge in [-0.25, -0.2) is 0 Å². The highest BCUT2D eigenvalue weighted by Crippen LogP contribution is 2.23. The highest BCUT2D eigenvalue weighted by Gasteiger charge is 2.32. The van der Waals surface area contributed by atoms with Crippen molar-refractivity contribution in [3.8, 4) is 0 Å². The van der Waals surface area contributed by atoms with Gasteiger partial charge in [-0.15, -0.1) is 0 Å². The topological polar surface area (TPSA) is 72.9 Å². The Hall–Kier alpha value is -1.59. The lowest BCUT2D eigenvalue weighted by molar-refractivity contribution is -0.164. The van der Waals surface area contributed by atoms with Crippen LogP contribution in [0.5, 0.6) is 0 Å². The summed E-state index contributed by atoms with van der Waals surface area (Å²) in [6.07, 6.45) is 1.89. The number of carbonyl (C=O) groups excluding carboxylic acids is 3. The minimum absolute atomic E-state index is 0.203. The van der Waals surface area contributed by atoms with E-state index in [1.165, 1.54) is 7.11 Å². The fourth-order valence-electron chi connectivity index (χ4n) is 2.44. The minimum atomic E-state index is -0.795. The maximum absolute atomic E-state index is 12.3. The van der Waals surface area contributed by atoms with Crippen molar-refractivity contribution in [3.63, 3.8) is 0 Å². The first-order chi connectivity index (χ1) is 10.1. The van der Waals surface area contributed by atoms with E-state index < -0.39 is 17.5 Å². The molecule has 0 spiro atoms. The molecule has 1 amide bonds. The van der Waals surface area contributed by atoms with Crippen molar-refractivity contribution in [3.05, 3.63) is 0 Å². The average Bonchev–Trinajstić information content (AvgIpc) is 2.44. The highest BCUT2D eigenvalue weighted by molar-refractivity contribution is 5.97. The molecule has 0 bridgehead atoms. The Bertz CT molecular complexity index is 419. The van der Waals surface area contributed by atoms with Gasteiger partial charge in [-0.1, -0.05) is 0 Å². The van der Waals surface area contributed by atoms with E-state index in [1.54, 1.807) is 32.6 Å². The SMILES string of the molecule is COC(=O)CC1CCN(C(=O)[C@@H](C)C(=O)OC(C)(C)C)CC1. The maximum atomic E-state index is 12.3. The van der Waals surface area contributed by atoms with Crippen LogP contribution in [0.25, 0.3) is 0 Å². The number of ether oxygens (including phenoxy) is 2. The van der Waals surface area contributed by atoms with Crippen LogP contribution in [-0.4, -0.2) is 48.5 Å². The second kappa shape index (κ2) is 7.61. The van der Waals surface area contributed by atoms with Crippen molar-refractivity contribution >= 4 is 17.8 Å². The summed E-state index contributed by atoms with van der Waals surface area (Å²) in [4.78, 5) is 37.2. The summed E-state index contributed by atoms with van der Waals surface area (Å²) >= 11 is 0. The standard InChI is InChI=1S/C16H27NO5/c1-11(15(20)22-16(2,3)4)14(19)17-8-6-12(7-9-17)10-13(18)21-5/h11-12H,6-10H2,1-5H3/t11-/m1/s1. The zero-order valence-corrected chi connectivity index (χ0v) is 14.2. The van der Waals surface area contributed by atoms with E-state index in [0.29, 0.717) is 19.5 Å². The van der Waals surface area contributed by atoms with Crippen LogP contribution in [0.2, 0.25) is 0 Å². The number of amides is 1. The second-order valence-corrected chi connectivity index (χ2v) is 6.80. The molecule has 126 valence electrons. The summed E-state index contributed by atoms with van der Waals surface area (Å²) in [6, 6.07) is 0. The van der Waals surface area contributed by atoms with Gasteiger partial charge in [-0.2, -0.15) is 0 Å². The van der Waals surface area contributed by atoms with Gasteiger partial charge in [-0.05, 0) is 46.5 Å². The quantitative estimate of drug-likeness (QED) is 0.584.